The summed E-state index contributed by atoms with van der Waals surface area (Å²) in [5.74, 6) is -1.27. The van der Waals surface area contributed by atoms with E-state index in [9.17, 15) is 19.7 Å². The second kappa shape index (κ2) is 9.49. The Morgan fingerprint density at radius 1 is 1.03 bits per heavy atom. The summed E-state index contributed by atoms with van der Waals surface area (Å²) >= 11 is 1.21. The number of non-ortho nitro benzene ring substituents is 1. The van der Waals surface area contributed by atoms with Crippen molar-refractivity contribution in [1.29, 1.82) is 0 Å². The molecule has 1 fully saturated rings. The summed E-state index contributed by atoms with van der Waals surface area (Å²) < 4.78 is 0. The second-order valence-corrected chi connectivity index (χ2v) is 8.09. The van der Waals surface area contributed by atoms with Gasteiger partial charge in [-0.15, -0.1) is 0 Å². The van der Waals surface area contributed by atoms with E-state index < -0.39 is 10.9 Å². The third-order valence-corrected chi connectivity index (χ3v) is 5.82. The highest BCUT2D eigenvalue weighted by atomic mass is 32.2. The SMILES string of the molecule is O=C(O)c1ccc(CN2C(=O)/C(=C/c3ccc([N+](=O)[O-])cc3)SC2=Nc2ccccc2)cc1. The molecular formula is C24H17N3O5S. The third kappa shape index (κ3) is 5.16. The molecule has 1 amide bonds. The monoisotopic (exact) mass is 459 g/mol. The number of carboxylic acids is 1. The largest absolute Gasteiger partial charge is 0.478 e. The van der Waals surface area contributed by atoms with Crippen molar-refractivity contribution in [1.82, 2.24) is 4.90 Å². The fourth-order valence-electron chi connectivity index (χ4n) is 3.12. The summed E-state index contributed by atoms with van der Waals surface area (Å²) in [4.78, 5) is 41.3. The molecule has 1 N–H and O–H groups in total. The Kier molecular flexibility index (Phi) is 6.32. The van der Waals surface area contributed by atoms with E-state index in [4.69, 9.17) is 5.11 Å². The first kappa shape index (κ1) is 22.0. The van der Waals surface area contributed by atoms with Gasteiger partial charge in [0.15, 0.2) is 5.17 Å². The number of carbonyl (C=O) groups excluding carboxylic acids is 1. The lowest BCUT2D eigenvalue weighted by atomic mass is 10.1. The maximum absolute atomic E-state index is 13.2. The van der Waals surface area contributed by atoms with Crippen LogP contribution in [-0.2, 0) is 11.3 Å². The first-order chi connectivity index (χ1) is 15.9. The zero-order valence-electron chi connectivity index (χ0n) is 17.1. The molecule has 4 rings (SSSR count). The summed E-state index contributed by atoms with van der Waals surface area (Å²) in [5.41, 5.74) is 2.24. The van der Waals surface area contributed by atoms with Gasteiger partial charge in [0.25, 0.3) is 11.6 Å². The van der Waals surface area contributed by atoms with Crippen LogP contribution in [0.25, 0.3) is 6.08 Å². The van der Waals surface area contributed by atoms with E-state index in [1.165, 1.54) is 40.9 Å². The van der Waals surface area contributed by atoms with E-state index >= 15 is 0 Å². The van der Waals surface area contributed by atoms with Crippen molar-refractivity contribution in [3.05, 3.63) is 111 Å². The topological polar surface area (TPSA) is 113 Å². The van der Waals surface area contributed by atoms with Gasteiger partial charge < -0.3 is 5.11 Å². The van der Waals surface area contributed by atoms with E-state index in [1.54, 1.807) is 30.3 Å². The molecule has 0 aliphatic carbocycles. The molecule has 0 unspecified atom stereocenters. The van der Waals surface area contributed by atoms with Crippen LogP contribution in [0.5, 0.6) is 0 Å². The van der Waals surface area contributed by atoms with Gasteiger partial charge in [0, 0.05) is 12.1 Å². The van der Waals surface area contributed by atoms with Gasteiger partial charge in [-0.05, 0) is 65.4 Å². The summed E-state index contributed by atoms with van der Waals surface area (Å²) in [7, 11) is 0. The number of benzene rings is 3. The zero-order chi connectivity index (χ0) is 23.4. The molecule has 3 aromatic carbocycles. The predicted octanol–water partition coefficient (Wildman–Crippen LogP) is 5.10. The number of amides is 1. The van der Waals surface area contributed by atoms with Crippen LogP contribution in [0.15, 0.2) is 88.8 Å². The van der Waals surface area contributed by atoms with Crippen LogP contribution in [0.3, 0.4) is 0 Å². The summed E-state index contributed by atoms with van der Waals surface area (Å²) in [5, 5.41) is 20.5. The molecule has 3 aromatic rings. The van der Waals surface area contributed by atoms with Crippen molar-refractivity contribution >= 4 is 46.3 Å². The van der Waals surface area contributed by atoms with Crippen LogP contribution < -0.4 is 0 Å². The van der Waals surface area contributed by atoms with Crippen LogP contribution in [0.2, 0.25) is 0 Å². The van der Waals surface area contributed by atoms with Crippen molar-refractivity contribution in [2.45, 2.75) is 6.54 Å². The maximum Gasteiger partial charge on any atom is 0.335 e. The van der Waals surface area contributed by atoms with Gasteiger partial charge in [0.2, 0.25) is 0 Å². The van der Waals surface area contributed by atoms with Gasteiger partial charge >= 0.3 is 5.97 Å². The molecule has 0 spiro atoms. The van der Waals surface area contributed by atoms with Crippen LogP contribution >= 0.6 is 11.8 Å². The first-order valence-electron chi connectivity index (χ1n) is 9.82. The van der Waals surface area contributed by atoms with E-state index in [0.29, 0.717) is 21.3 Å². The number of aromatic carboxylic acids is 1. The Hall–Kier alpha value is -4.24. The molecule has 9 heteroatoms. The van der Waals surface area contributed by atoms with Gasteiger partial charge in [0.05, 0.1) is 27.6 Å². The number of carbonyl (C=O) groups is 2. The number of hydrogen-bond donors (Lipinski definition) is 1. The van der Waals surface area contributed by atoms with Crippen molar-refractivity contribution < 1.29 is 19.6 Å². The van der Waals surface area contributed by atoms with Crippen molar-refractivity contribution in [3.63, 3.8) is 0 Å². The van der Waals surface area contributed by atoms with E-state index in [1.807, 2.05) is 30.3 Å². The van der Waals surface area contributed by atoms with Crippen molar-refractivity contribution in [3.8, 4) is 0 Å². The Balaban J connectivity index is 1.65. The zero-order valence-corrected chi connectivity index (χ0v) is 17.9. The van der Waals surface area contributed by atoms with Crippen LogP contribution in [0.1, 0.15) is 21.5 Å². The third-order valence-electron chi connectivity index (χ3n) is 4.81. The fraction of sp³-hybridized carbons (Fsp3) is 0.0417. The highest BCUT2D eigenvalue weighted by Crippen LogP contribution is 2.35. The maximum atomic E-state index is 13.2. The van der Waals surface area contributed by atoms with Gasteiger partial charge in [-0.3, -0.25) is 19.8 Å². The van der Waals surface area contributed by atoms with E-state index in [-0.39, 0.29) is 23.7 Å². The van der Waals surface area contributed by atoms with Gasteiger partial charge in [-0.2, -0.15) is 0 Å². The number of nitro benzene ring substituents is 1. The Labute approximate surface area is 193 Å². The highest BCUT2D eigenvalue weighted by Gasteiger charge is 2.33. The fourth-order valence-corrected chi connectivity index (χ4v) is 4.12. The lowest BCUT2D eigenvalue weighted by molar-refractivity contribution is -0.384. The molecule has 0 radical (unpaired) electrons. The summed E-state index contributed by atoms with van der Waals surface area (Å²) in [6, 6.07) is 21.5. The quantitative estimate of drug-likeness (QED) is 0.312. The number of thioether (sulfide) groups is 1. The normalized spacial score (nSPS) is 15.9. The molecule has 0 atom stereocenters. The van der Waals surface area contributed by atoms with Crippen LogP contribution in [0.4, 0.5) is 11.4 Å². The highest BCUT2D eigenvalue weighted by molar-refractivity contribution is 8.18. The number of para-hydroxylation sites is 1. The molecular weight excluding hydrogens is 442 g/mol. The number of amidine groups is 1. The summed E-state index contributed by atoms with van der Waals surface area (Å²) in [6.45, 7) is 0.217. The van der Waals surface area contributed by atoms with E-state index in [2.05, 4.69) is 4.99 Å². The minimum Gasteiger partial charge on any atom is -0.478 e. The average molecular weight is 459 g/mol. The minimum atomic E-state index is -1.02. The standard InChI is InChI=1S/C24H17N3O5S/c28-22-21(14-16-8-12-20(13-9-16)27(31)32)33-24(25-19-4-2-1-3-5-19)26(22)15-17-6-10-18(11-7-17)23(29)30/h1-14H,15H2,(H,29,30)/b21-14-,25-24?. The number of rotatable bonds is 6. The Morgan fingerprint density at radius 2 is 1.70 bits per heavy atom. The molecule has 0 bridgehead atoms. The number of carboxylic acid groups (broad SMARTS) is 1. The van der Waals surface area contributed by atoms with Crippen LogP contribution in [0, 0.1) is 10.1 Å². The summed E-state index contributed by atoms with van der Waals surface area (Å²) in [6.07, 6.45) is 1.67. The van der Waals surface area contributed by atoms with Crippen molar-refractivity contribution in [2.75, 3.05) is 0 Å². The molecule has 33 heavy (non-hydrogen) atoms. The van der Waals surface area contributed by atoms with Gasteiger partial charge in [0.1, 0.15) is 0 Å². The smallest absolute Gasteiger partial charge is 0.335 e. The van der Waals surface area contributed by atoms with Gasteiger partial charge in [-0.25, -0.2) is 9.79 Å². The molecule has 1 aliphatic heterocycles. The number of hydrogen-bond acceptors (Lipinski definition) is 6. The van der Waals surface area contributed by atoms with Gasteiger partial charge in [-0.1, -0.05) is 30.3 Å². The van der Waals surface area contributed by atoms with E-state index in [0.717, 1.165) is 5.56 Å². The average Bonchev–Trinajstić information content (AvgIpc) is 3.09. The molecule has 1 heterocycles. The molecule has 0 aromatic heterocycles. The second-order valence-electron chi connectivity index (χ2n) is 7.08. The molecule has 164 valence electrons. The number of nitrogens with zero attached hydrogens (tertiary/aromatic N) is 3. The van der Waals surface area contributed by atoms with Crippen LogP contribution in [-0.4, -0.2) is 32.0 Å². The van der Waals surface area contributed by atoms with Crippen molar-refractivity contribution in [2.24, 2.45) is 4.99 Å². The molecule has 8 nitrogen and oxygen atoms in total. The molecule has 1 saturated heterocycles. The minimum absolute atomic E-state index is 0.0275. The predicted molar refractivity (Wildman–Crippen MR) is 126 cm³/mol. The Morgan fingerprint density at radius 3 is 2.30 bits per heavy atom. The number of nitro groups is 1. The Bertz CT molecular complexity index is 1270. The lowest BCUT2D eigenvalue weighted by Gasteiger charge is -2.16. The molecule has 1 aliphatic rings. The number of aliphatic imine (C=N–C) groups is 1. The molecule has 0 saturated carbocycles. The lowest BCUT2D eigenvalue weighted by Crippen LogP contribution is -2.28. The first-order valence-corrected chi connectivity index (χ1v) is 10.6.